The predicted octanol–water partition coefficient (Wildman–Crippen LogP) is 2.81. The molecule has 2 fully saturated rings. The van der Waals surface area contributed by atoms with E-state index < -0.39 is 12.0 Å². The van der Waals surface area contributed by atoms with Crippen LogP contribution in [0.4, 0.5) is 0 Å². The molecule has 5 nitrogen and oxygen atoms in total. The summed E-state index contributed by atoms with van der Waals surface area (Å²) in [4.78, 5) is 29.2. The molecule has 2 aliphatic rings. The molecule has 1 aliphatic carbocycles. The lowest BCUT2D eigenvalue weighted by Gasteiger charge is -2.24. The van der Waals surface area contributed by atoms with Gasteiger partial charge in [-0.2, -0.15) is 0 Å². The Morgan fingerprint density at radius 2 is 2.08 bits per heavy atom. The number of carboxylic acids is 1. The topological polar surface area (TPSA) is 73.4 Å². The number of aliphatic carboxylic acids is 1. The van der Waals surface area contributed by atoms with Crippen molar-refractivity contribution in [2.45, 2.75) is 38.1 Å². The molecule has 2 N–H and O–H groups in total. The number of benzene rings is 1. The van der Waals surface area contributed by atoms with Gasteiger partial charge in [-0.15, -0.1) is 0 Å². The maximum Gasteiger partial charge on any atom is 0.326 e. The zero-order chi connectivity index (χ0) is 16.7. The molecule has 1 aliphatic heterocycles. The van der Waals surface area contributed by atoms with Gasteiger partial charge in [0.15, 0.2) is 0 Å². The number of H-pyrrole nitrogens is 1. The number of aromatic nitrogens is 1. The van der Waals surface area contributed by atoms with E-state index >= 15 is 0 Å². The Bertz CT molecular complexity index is 782. The summed E-state index contributed by atoms with van der Waals surface area (Å²) in [6.07, 6.45) is 6.04. The number of para-hydroxylation sites is 1. The fraction of sp³-hybridized carbons (Fsp3) is 0.474. The molecule has 5 heteroatoms. The van der Waals surface area contributed by atoms with Crippen molar-refractivity contribution in [3.8, 4) is 0 Å². The standard InChI is InChI=1S/C19H22N2O3/c22-17(9-8-12-10-20-16-7-2-1-5-14(12)16)21-11-13-4-3-6-15(13)18(21)19(23)24/h1-2,5,7,10,13,15,18,20H,3-4,6,8-9,11H2,(H,23,24). The molecule has 1 amide bonds. The maximum absolute atomic E-state index is 12.7. The summed E-state index contributed by atoms with van der Waals surface area (Å²) in [6.45, 7) is 0.619. The van der Waals surface area contributed by atoms with E-state index in [0.717, 1.165) is 35.7 Å². The fourth-order valence-electron chi connectivity index (χ4n) is 4.60. The highest BCUT2D eigenvalue weighted by molar-refractivity contribution is 5.86. The first kappa shape index (κ1) is 15.2. The van der Waals surface area contributed by atoms with Gasteiger partial charge in [0.25, 0.3) is 0 Å². The van der Waals surface area contributed by atoms with Crippen LogP contribution in [0.5, 0.6) is 0 Å². The van der Waals surface area contributed by atoms with Crippen LogP contribution in [-0.4, -0.2) is 39.5 Å². The van der Waals surface area contributed by atoms with Crippen molar-refractivity contribution in [1.82, 2.24) is 9.88 Å². The van der Waals surface area contributed by atoms with Crippen LogP contribution in [0.15, 0.2) is 30.5 Å². The van der Waals surface area contributed by atoms with Crippen LogP contribution in [0.25, 0.3) is 10.9 Å². The van der Waals surface area contributed by atoms with Crippen molar-refractivity contribution in [2.75, 3.05) is 6.54 Å². The quantitative estimate of drug-likeness (QED) is 0.907. The number of aromatic amines is 1. The molecule has 3 atom stereocenters. The third kappa shape index (κ3) is 2.48. The van der Waals surface area contributed by atoms with E-state index in [1.807, 2.05) is 30.5 Å². The Morgan fingerprint density at radius 3 is 2.92 bits per heavy atom. The van der Waals surface area contributed by atoms with Gasteiger partial charge < -0.3 is 15.0 Å². The first-order valence-corrected chi connectivity index (χ1v) is 8.72. The zero-order valence-electron chi connectivity index (χ0n) is 13.6. The van der Waals surface area contributed by atoms with Crippen LogP contribution in [0.2, 0.25) is 0 Å². The first-order chi connectivity index (χ1) is 11.6. The molecule has 0 spiro atoms. The van der Waals surface area contributed by atoms with Gasteiger partial charge in [0.1, 0.15) is 6.04 Å². The fourth-order valence-corrected chi connectivity index (χ4v) is 4.60. The minimum absolute atomic E-state index is 0.0259. The Labute approximate surface area is 140 Å². The largest absolute Gasteiger partial charge is 0.480 e. The summed E-state index contributed by atoms with van der Waals surface area (Å²) in [5.41, 5.74) is 2.18. The normalized spacial score (nSPS) is 26.0. The van der Waals surface area contributed by atoms with Gasteiger partial charge in [0.05, 0.1) is 0 Å². The van der Waals surface area contributed by atoms with E-state index in [4.69, 9.17) is 0 Å². The molecule has 1 aromatic carbocycles. The zero-order valence-corrected chi connectivity index (χ0v) is 13.6. The number of fused-ring (bicyclic) bond motifs is 2. The average molecular weight is 326 g/mol. The SMILES string of the molecule is O=C(O)C1C2CCCC2CN1C(=O)CCc1c[nH]c2ccccc12. The van der Waals surface area contributed by atoms with Crippen molar-refractivity contribution in [3.05, 3.63) is 36.0 Å². The second kappa shape index (κ2) is 5.96. The third-order valence-electron chi connectivity index (χ3n) is 5.75. The highest BCUT2D eigenvalue weighted by atomic mass is 16.4. The van der Waals surface area contributed by atoms with Crippen LogP contribution in [0.3, 0.4) is 0 Å². The number of hydrogen-bond donors (Lipinski definition) is 2. The van der Waals surface area contributed by atoms with Crippen molar-refractivity contribution in [3.63, 3.8) is 0 Å². The van der Waals surface area contributed by atoms with Crippen molar-refractivity contribution >= 4 is 22.8 Å². The van der Waals surface area contributed by atoms with Gasteiger partial charge in [-0.25, -0.2) is 4.79 Å². The highest BCUT2D eigenvalue weighted by Gasteiger charge is 2.49. The molecule has 1 aromatic heterocycles. The average Bonchev–Trinajstić information content (AvgIpc) is 3.25. The minimum atomic E-state index is -0.843. The summed E-state index contributed by atoms with van der Waals surface area (Å²) >= 11 is 0. The van der Waals surface area contributed by atoms with E-state index in [9.17, 15) is 14.7 Å². The molecule has 1 saturated carbocycles. The molecule has 2 heterocycles. The van der Waals surface area contributed by atoms with Gasteiger partial charge in [-0.3, -0.25) is 4.79 Å². The number of rotatable bonds is 4. The number of hydrogen-bond acceptors (Lipinski definition) is 2. The van der Waals surface area contributed by atoms with Gasteiger partial charge in [-0.05, 0) is 42.7 Å². The Balaban J connectivity index is 1.47. The monoisotopic (exact) mass is 326 g/mol. The van der Waals surface area contributed by atoms with Crippen LogP contribution in [0, 0.1) is 11.8 Å². The second-order valence-electron chi connectivity index (χ2n) is 7.04. The van der Waals surface area contributed by atoms with E-state index in [-0.39, 0.29) is 11.8 Å². The molecule has 126 valence electrons. The Kier molecular flexibility index (Phi) is 3.79. The summed E-state index contributed by atoms with van der Waals surface area (Å²) in [6, 6.07) is 7.42. The lowest BCUT2D eigenvalue weighted by molar-refractivity contribution is -0.149. The van der Waals surface area contributed by atoms with Crippen molar-refractivity contribution in [2.24, 2.45) is 11.8 Å². The second-order valence-corrected chi connectivity index (χ2v) is 7.04. The highest BCUT2D eigenvalue weighted by Crippen LogP contribution is 2.42. The number of carbonyl (C=O) groups is 2. The van der Waals surface area contributed by atoms with Crippen LogP contribution in [-0.2, 0) is 16.0 Å². The number of carbonyl (C=O) groups excluding carboxylic acids is 1. The summed E-state index contributed by atoms with van der Waals surface area (Å²) in [7, 11) is 0. The molecule has 2 aromatic rings. The maximum atomic E-state index is 12.7. The predicted molar refractivity (Wildman–Crippen MR) is 90.6 cm³/mol. The van der Waals surface area contributed by atoms with Gasteiger partial charge in [0, 0.05) is 30.1 Å². The Hall–Kier alpha value is -2.30. The van der Waals surface area contributed by atoms with Crippen LogP contribution in [0.1, 0.15) is 31.2 Å². The van der Waals surface area contributed by atoms with Crippen LogP contribution >= 0.6 is 0 Å². The van der Waals surface area contributed by atoms with Gasteiger partial charge in [0.2, 0.25) is 5.91 Å². The third-order valence-corrected chi connectivity index (χ3v) is 5.75. The number of nitrogens with zero attached hydrogens (tertiary/aromatic N) is 1. The van der Waals surface area contributed by atoms with Gasteiger partial charge >= 0.3 is 5.97 Å². The smallest absolute Gasteiger partial charge is 0.326 e. The molecule has 24 heavy (non-hydrogen) atoms. The molecule has 3 unspecified atom stereocenters. The van der Waals surface area contributed by atoms with Crippen molar-refractivity contribution < 1.29 is 14.7 Å². The number of aryl methyl sites for hydroxylation is 1. The summed E-state index contributed by atoms with van der Waals surface area (Å²) in [5.74, 6) is -0.338. The number of nitrogens with one attached hydrogen (secondary N) is 1. The van der Waals surface area contributed by atoms with E-state index in [0.29, 0.717) is 25.3 Å². The number of likely N-dealkylation sites (tertiary alicyclic amines) is 1. The lowest BCUT2D eigenvalue weighted by Crippen LogP contribution is -2.43. The summed E-state index contributed by atoms with van der Waals surface area (Å²) in [5, 5.41) is 10.7. The number of amides is 1. The minimum Gasteiger partial charge on any atom is -0.480 e. The van der Waals surface area contributed by atoms with E-state index in [2.05, 4.69) is 4.98 Å². The molecule has 0 radical (unpaired) electrons. The molecular formula is C19H22N2O3. The molecule has 1 saturated heterocycles. The van der Waals surface area contributed by atoms with E-state index in [1.165, 1.54) is 0 Å². The van der Waals surface area contributed by atoms with Crippen LogP contribution < -0.4 is 0 Å². The summed E-state index contributed by atoms with van der Waals surface area (Å²) < 4.78 is 0. The first-order valence-electron chi connectivity index (χ1n) is 8.72. The van der Waals surface area contributed by atoms with E-state index in [1.54, 1.807) is 4.90 Å². The molecule has 4 rings (SSSR count). The number of carboxylic acid groups (broad SMARTS) is 1. The van der Waals surface area contributed by atoms with Gasteiger partial charge in [-0.1, -0.05) is 24.6 Å². The Morgan fingerprint density at radius 1 is 1.25 bits per heavy atom. The lowest BCUT2D eigenvalue weighted by atomic mass is 9.94. The van der Waals surface area contributed by atoms with Crippen molar-refractivity contribution in [1.29, 1.82) is 0 Å². The molecule has 0 bridgehead atoms. The molecular weight excluding hydrogens is 304 g/mol.